The normalized spacial score (nSPS) is 40.2. The molecule has 2 fully saturated rings. The highest BCUT2D eigenvalue weighted by molar-refractivity contribution is 7.99. The standard InChI is InChI=1S/C10H18N2S/c1-2-3-12-9-4-8(11)5-10(12)7-13-6-9/h2,8-10H,1,3-7,11H2. The molecule has 2 aliphatic rings. The van der Waals surface area contributed by atoms with Crippen LogP contribution in [-0.2, 0) is 0 Å². The van der Waals surface area contributed by atoms with Gasteiger partial charge >= 0.3 is 0 Å². The Hall–Kier alpha value is 0.01000. The van der Waals surface area contributed by atoms with Crippen molar-refractivity contribution in [2.75, 3.05) is 18.1 Å². The quantitative estimate of drug-likeness (QED) is 0.673. The molecule has 2 nitrogen and oxygen atoms in total. The van der Waals surface area contributed by atoms with E-state index in [4.69, 9.17) is 5.73 Å². The fourth-order valence-corrected chi connectivity index (χ4v) is 3.81. The summed E-state index contributed by atoms with van der Waals surface area (Å²) < 4.78 is 0. The van der Waals surface area contributed by atoms with Crippen LogP contribution in [0.3, 0.4) is 0 Å². The third-order valence-electron chi connectivity index (χ3n) is 3.05. The molecule has 0 aromatic carbocycles. The molecule has 0 spiro atoms. The second-order valence-corrected chi connectivity index (χ2v) is 5.14. The number of piperidine rings is 1. The van der Waals surface area contributed by atoms with Gasteiger partial charge in [-0.2, -0.15) is 11.8 Å². The molecular formula is C10H18N2S. The van der Waals surface area contributed by atoms with Crippen molar-refractivity contribution in [1.29, 1.82) is 0 Å². The van der Waals surface area contributed by atoms with E-state index >= 15 is 0 Å². The number of nitrogens with zero attached hydrogens (tertiary/aromatic N) is 1. The fourth-order valence-electron chi connectivity index (χ4n) is 2.48. The Bertz CT molecular complexity index is 181. The molecule has 2 bridgehead atoms. The molecule has 2 unspecified atom stereocenters. The summed E-state index contributed by atoms with van der Waals surface area (Å²) in [4.78, 5) is 2.59. The summed E-state index contributed by atoms with van der Waals surface area (Å²) >= 11 is 2.09. The average Bonchev–Trinajstić information content (AvgIpc) is 2.07. The molecule has 2 atom stereocenters. The molecule has 2 saturated heterocycles. The van der Waals surface area contributed by atoms with Gasteiger partial charge in [0.2, 0.25) is 0 Å². The molecule has 0 aromatic rings. The van der Waals surface area contributed by atoms with Crippen LogP contribution in [0.15, 0.2) is 12.7 Å². The van der Waals surface area contributed by atoms with Gasteiger partial charge in [-0.15, -0.1) is 6.58 Å². The van der Waals surface area contributed by atoms with Gasteiger partial charge in [-0.05, 0) is 12.8 Å². The first-order valence-electron chi connectivity index (χ1n) is 5.01. The van der Waals surface area contributed by atoms with Crippen molar-refractivity contribution < 1.29 is 0 Å². The first kappa shape index (κ1) is 9.56. The van der Waals surface area contributed by atoms with Gasteiger partial charge in [0.05, 0.1) is 0 Å². The predicted octanol–water partition coefficient (Wildman–Crippen LogP) is 1.08. The van der Waals surface area contributed by atoms with Gasteiger partial charge in [-0.3, -0.25) is 4.90 Å². The Labute approximate surface area is 84.5 Å². The summed E-state index contributed by atoms with van der Waals surface area (Å²) in [6, 6.07) is 1.87. The molecule has 0 saturated carbocycles. The van der Waals surface area contributed by atoms with Crippen LogP contribution >= 0.6 is 11.8 Å². The van der Waals surface area contributed by atoms with Crippen LogP contribution in [0.5, 0.6) is 0 Å². The van der Waals surface area contributed by atoms with Crippen molar-refractivity contribution in [3.05, 3.63) is 12.7 Å². The SMILES string of the molecule is C=CCN1C2CSCC1CC(N)C2. The zero-order valence-electron chi connectivity index (χ0n) is 7.98. The highest BCUT2D eigenvalue weighted by Crippen LogP contribution is 2.31. The van der Waals surface area contributed by atoms with Gasteiger partial charge < -0.3 is 5.73 Å². The van der Waals surface area contributed by atoms with Crippen LogP contribution < -0.4 is 5.73 Å². The molecule has 2 N–H and O–H groups in total. The zero-order chi connectivity index (χ0) is 9.26. The van der Waals surface area contributed by atoms with E-state index in [1.54, 1.807) is 0 Å². The van der Waals surface area contributed by atoms with Crippen LogP contribution in [0.4, 0.5) is 0 Å². The van der Waals surface area contributed by atoms with E-state index in [-0.39, 0.29) is 0 Å². The highest BCUT2D eigenvalue weighted by atomic mass is 32.2. The third-order valence-corrected chi connectivity index (χ3v) is 4.29. The fraction of sp³-hybridized carbons (Fsp3) is 0.800. The number of fused-ring (bicyclic) bond motifs is 2. The molecule has 74 valence electrons. The minimum atomic E-state index is 0.442. The molecule has 2 heterocycles. The van der Waals surface area contributed by atoms with Crippen LogP contribution in [-0.4, -0.2) is 41.1 Å². The third kappa shape index (κ3) is 1.92. The van der Waals surface area contributed by atoms with Crippen LogP contribution in [0.2, 0.25) is 0 Å². The smallest absolute Gasteiger partial charge is 0.0207 e. The topological polar surface area (TPSA) is 29.3 Å². The number of thioether (sulfide) groups is 1. The van der Waals surface area contributed by atoms with Gasteiger partial charge in [0.25, 0.3) is 0 Å². The van der Waals surface area contributed by atoms with Crippen molar-refractivity contribution in [3.8, 4) is 0 Å². The summed E-state index contributed by atoms with van der Waals surface area (Å²) in [6.45, 7) is 4.87. The summed E-state index contributed by atoms with van der Waals surface area (Å²) in [5.41, 5.74) is 6.02. The van der Waals surface area contributed by atoms with Crippen LogP contribution in [0.25, 0.3) is 0 Å². The van der Waals surface area contributed by atoms with E-state index in [9.17, 15) is 0 Å². The molecule has 0 radical (unpaired) electrons. The summed E-state index contributed by atoms with van der Waals surface area (Å²) in [5.74, 6) is 2.52. The second-order valence-electron chi connectivity index (χ2n) is 4.06. The predicted molar refractivity (Wildman–Crippen MR) is 59.0 cm³/mol. The van der Waals surface area contributed by atoms with Gasteiger partial charge in [0.15, 0.2) is 0 Å². The number of hydrogen-bond donors (Lipinski definition) is 1. The zero-order valence-corrected chi connectivity index (χ0v) is 8.80. The second kappa shape index (κ2) is 4.03. The first-order chi connectivity index (χ1) is 6.31. The maximum Gasteiger partial charge on any atom is 0.0207 e. The van der Waals surface area contributed by atoms with Crippen molar-refractivity contribution in [2.45, 2.75) is 31.0 Å². The lowest BCUT2D eigenvalue weighted by Gasteiger charge is -2.47. The maximum absolute atomic E-state index is 6.02. The highest BCUT2D eigenvalue weighted by Gasteiger charge is 2.36. The Morgan fingerprint density at radius 3 is 2.54 bits per heavy atom. The summed E-state index contributed by atoms with van der Waals surface area (Å²) in [5, 5.41) is 0. The molecule has 0 aromatic heterocycles. The molecule has 2 aliphatic heterocycles. The van der Waals surface area contributed by atoms with Crippen LogP contribution in [0, 0.1) is 0 Å². The van der Waals surface area contributed by atoms with Crippen LogP contribution in [0.1, 0.15) is 12.8 Å². The lowest BCUT2D eigenvalue weighted by molar-refractivity contribution is 0.105. The minimum absolute atomic E-state index is 0.442. The van der Waals surface area contributed by atoms with Crippen molar-refractivity contribution in [2.24, 2.45) is 5.73 Å². The van der Waals surface area contributed by atoms with E-state index in [0.717, 1.165) is 6.54 Å². The molecule has 0 amide bonds. The molecule has 2 rings (SSSR count). The Morgan fingerprint density at radius 1 is 1.38 bits per heavy atom. The lowest BCUT2D eigenvalue weighted by atomic mass is 9.93. The first-order valence-corrected chi connectivity index (χ1v) is 6.16. The largest absolute Gasteiger partial charge is 0.328 e. The molecule has 0 aliphatic carbocycles. The Balaban J connectivity index is 2.05. The van der Waals surface area contributed by atoms with E-state index in [1.165, 1.54) is 24.3 Å². The monoisotopic (exact) mass is 198 g/mol. The van der Waals surface area contributed by atoms with Gasteiger partial charge in [0, 0.05) is 36.2 Å². The van der Waals surface area contributed by atoms with Crippen molar-refractivity contribution >= 4 is 11.8 Å². The Morgan fingerprint density at radius 2 is 2.00 bits per heavy atom. The molecular weight excluding hydrogens is 180 g/mol. The minimum Gasteiger partial charge on any atom is -0.328 e. The van der Waals surface area contributed by atoms with E-state index < -0.39 is 0 Å². The average molecular weight is 198 g/mol. The van der Waals surface area contributed by atoms with E-state index in [2.05, 4.69) is 23.2 Å². The van der Waals surface area contributed by atoms with Gasteiger partial charge in [-0.1, -0.05) is 6.08 Å². The van der Waals surface area contributed by atoms with Crippen molar-refractivity contribution in [3.63, 3.8) is 0 Å². The summed E-state index contributed by atoms with van der Waals surface area (Å²) in [7, 11) is 0. The number of rotatable bonds is 2. The van der Waals surface area contributed by atoms with E-state index in [1.807, 2.05) is 6.08 Å². The van der Waals surface area contributed by atoms with E-state index in [0.29, 0.717) is 18.1 Å². The Kier molecular flexibility index (Phi) is 2.96. The lowest BCUT2D eigenvalue weighted by Crippen LogP contribution is -2.57. The number of nitrogens with two attached hydrogens (primary N) is 1. The number of hydrogen-bond acceptors (Lipinski definition) is 3. The van der Waals surface area contributed by atoms with Gasteiger partial charge in [0.1, 0.15) is 0 Å². The maximum atomic E-state index is 6.02. The molecule has 13 heavy (non-hydrogen) atoms. The van der Waals surface area contributed by atoms with Crippen molar-refractivity contribution in [1.82, 2.24) is 4.90 Å². The van der Waals surface area contributed by atoms with Gasteiger partial charge in [-0.25, -0.2) is 0 Å². The summed E-state index contributed by atoms with van der Waals surface area (Å²) in [6.07, 6.45) is 4.38. The molecule has 3 heteroatoms.